The second kappa shape index (κ2) is 14.2. The number of amides is 1. The van der Waals surface area contributed by atoms with Gasteiger partial charge in [0.1, 0.15) is 0 Å². The molecule has 1 aliphatic rings. The summed E-state index contributed by atoms with van der Waals surface area (Å²) >= 11 is 0. The van der Waals surface area contributed by atoms with Gasteiger partial charge in [-0.3, -0.25) is 14.7 Å². The van der Waals surface area contributed by atoms with Crippen molar-refractivity contribution >= 4 is 41.5 Å². The fraction of sp³-hybridized carbons (Fsp3) is 0.462. The summed E-state index contributed by atoms with van der Waals surface area (Å²) in [6, 6.07) is 19.1. The second-order valence-corrected chi connectivity index (χ2v) is 8.61. The number of carbonyl (C=O) groups excluding carboxylic acids is 1. The monoisotopic (exact) mass is 563 g/mol. The Hall–Kier alpha value is -2.13. The van der Waals surface area contributed by atoms with E-state index in [-0.39, 0.29) is 35.8 Å². The maximum atomic E-state index is 12.2. The van der Waals surface area contributed by atoms with Gasteiger partial charge in [0.05, 0.1) is 0 Å². The van der Waals surface area contributed by atoms with E-state index in [0.29, 0.717) is 12.6 Å². The molecule has 3 N–H and O–H groups in total. The molecule has 2 aromatic carbocycles. The molecule has 33 heavy (non-hydrogen) atoms. The van der Waals surface area contributed by atoms with Crippen molar-refractivity contribution in [3.05, 3.63) is 65.7 Å². The summed E-state index contributed by atoms with van der Waals surface area (Å²) in [5, 5.41) is 9.99. The summed E-state index contributed by atoms with van der Waals surface area (Å²) in [7, 11) is 1.81. The summed E-state index contributed by atoms with van der Waals surface area (Å²) in [4.78, 5) is 19.1. The molecule has 3 rings (SSSR count). The van der Waals surface area contributed by atoms with E-state index in [4.69, 9.17) is 0 Å². The SMILES string of the molecule is CCC(C)C(=O)Nc1cccc(CNC(=NC)NC2CCN(Cc3ccccc3)CC2)c1.I. The number of likely N-dealkylation sites (tertiary alicyclic amines) is 1. The fourth-order valence-corrected chi connectivity index (χ4v) is 3.86. The fourth-order valence-electron chi connectivity index (χ4n) is 3.86. The van der Waals surface area contributed by atoms with Gasteiger partial charge in [-0.1, -0.05) is 56.3 Å². The maximum absolute atomic E-state index is 12.2. The zero-order valence-electron chi connectivity index (χ0n) is 20.0. The van der Waals surface area contributed by atoms with Crippen LogP contribution in [0.3, 0.4) is 0 Å². The molecule has 0 radical (unpaired) electrons. The number of piperidine rings is 1. The van der Waals surface area contributed by atoms with Crippen molar-refractivity contribution in [2.24, 2.45) is 10.9 Å². The number of rotatable bonds is 8. The first-order valence-corrected chi connectivity index (χ1v) is 11.7. The molecule has 180 valence electrons. The molecule has 0 saturated carbocycles. The summed E-state index contributed by atoms with van der Waals surface area (Å²) in [6.45, 7) is 7.81. The predicted octanol–water partition coefficient (Wildman–Crippen LogP) is 4.62. The highest BCUT2D eigenvalue weighted by atomic mass is 127. The van der Waals surface area contributed by atoms with Gasteiger partial charge in [-0.05, 0) is 42.5 Å². The number of nitrogens with one attached hydrogen (secondary N) is 3. The average molecular weight is 564 g/mol. The molecule has 1 aliphatic heterocycles. The van der Waals surface area contributed by atoms with E-state index in [1.54, 1.807) is 0 Å². The standard InChI is InChI=1S/C26H37N5O.HI/c1-4-20(2)25(32)29-24-12-8-11-22(17-24)18-28-26(27-3)30-23-13-15-31(16-14-23)19-21-9-6-5-7-10-21;/h5-12,17,20,23H,4,13-16,18-19H2,1-3H3,(H,29,32)(H2,27,28,30);1H. The van der Waals surface area contributed by atoms with Crippen molar-refractivity contribution in [1.29, 1.82) is 0 Å². The van der Waals surface area contributed by atoms with E-state index in [0.717, 1.165) is 56.1 Å². The maximum Gasteiger partial charge on any atom is 0.227 e. The van der Waals surface area contributed by atoms with Crippen LogP contribution in [-0.4, -0.2) is 42.9 Å². The lowest BCUT2D eigenvalue weighted by molar-refractivity contribution is -0.119. The molecule has 1 heterocycles. The minimum Gasteiger partial charge on any atom is -0.354 e. The van der Waals surface area contributed by atoms with Crippen LogP contribution in [0.2, 0.25) is 0 Å². The number of aliphatic imine (C=N–C) groups is 1. The van der Waals surface area contributed by atoms with E-state index in [2.05, 4.69) is 62.2 Å². The van der Waals surface area contributed by atoms with Crippen molar-refractivity contribution in [1.82, 2.24) is 15.5 Å². The number of benzene rings is 2. The van der Waals surface area contributed by atoms with Gasteiger partial charge in [0.25, 0.3) is 0 Å². The molecule has 0 spiro atoms. The first-order chi connectivity index (χ1) is 15.6. The molecule has 1 saturated heterocycles. The molecule has 1 atom stereocenters. The molecule has 6 nitrogen and oxygen atoms in total. The quantitative estimate of drug-likeness (QED) is 0.249. The van der Waals surface area contributed by atoms with E-state index in [1.807, 2.05) is 39.1 Å². The molecular formula is C26H38IN5O. The third-order valence-electron chi connectivity index (χ3n) is 6.12. The van der Waals surface area contributed by atoms with Crippen molar-refractivity contribution in [2.75, 3.05) is 25.5 Å². The van der Waals surface area contributed by atoms with E-state index in [9.17, 15) is 4.79 Å². The Kier molecular flexibility index (Phi) is 11.7. The molecule has 0 aliphatic carbocycles. The van der Waals surface area contributed by atoms with Gasteiger partial charge in [-0.15, -0.1) is 24.0 Å². The van der Waals surface area contributed by atoms with Crippen LogP contribution in [0.1, 0.15) is 44.2 Å². The first kappa shape index (κ1) is 27.1. The zero-order valence-corrected chi connectivity index (χ0v) is 22.3. The third-order valence-corrected chi connectivity index (χ3v) is 6.12. The van der Waals surface area contributed by atoms with Gasteiger partial charge < -0.3 is 16.0 Å². The van der Waals surface area contributed by atoms with Crippen LogP contribution in [0, 0.1) is 5.92 Å². The van der Waals surface area contributed by atoms with Crippen LogP contribution < -0.4 is 16.0 Å². The van der Waals surface area contributed by atoms with Gasteiger partial charge in [0.15, 0.2) is 5.96 Å². The van der Waals surface area contributed by atoms with Gasteiger partial charge >= 0.3 is 0 Å². The molecule has 1 amide bonds. The lowest BCUT2D eigenvalue weighted by Gasteiger charge is -2.33. The highest BCUT2D eigenvalue weighted by Gasteiger charge is 2.20. The normalized spacial score (nSPS) is 15.9. The number of carbonyl (C=O) groups is 1. The number of hydrogen-bond acceptors (Lipinski definition) is 3. The number of halogens is 1. The highest BCUT2D eigenvalue weighted by Crippen LogP contribution is 2.15. The van der Waals surface area contributed by atoms with Crippen molar-refractivity contribution in [3.63, 3.8) is 0 Å². The van der Waals surface area contributed by atoms with Gasteiger partial charge in [-0.25, -0.2) is 0 Å². The van der Waals surface area contributed by atoms with Crippen molar-refractivity contribution in [3.8, 4) is 0 Å². The molecule has 0 bridgehead atoms. The van der Waals surface area contributed by atoms with Crippen molar-refractivity contribution < 1.29 is 4.79 Å². The lowest BCUT2D eigenvalue weighted by atomic mass is 10.0. The highest BCUT2D eigenvalue weighted by molar-refractivity contribution is 14.0. The van der Waals surface area contributed by atoms with Crippen LogP contribution in [0.15, 0.2) is 59.6 Å². The van der Waals surface area contributed by atoms with Gasteiger partial charge in [0.2, 0.25) is 5.91 Å². The van der Waals surface area contributed by atoms with E-state index in [1.165, 1.54) is 5.56 Å². The number of guanidine groups is 1. The van der Waals surface area contributed by atoms with E-state index >= 15 is 0 Å². The van der Waals surface area contributed by atoms with Crippen LogP contribution in [0.25, 0.3) is 0 Å². The second-order valence-electron chi connectivity index (χ2n) is 8.61. The molecule has 1 unspecified atom stereocenters. The molecular weight excluding hydrogens is 525 g/mol. The minimum absolute atomic E-state index is 0. The Morgan fingerprint density at radius 2 is 1.79 bits per heavy atom. The Bertz CT molecular complexity index is 881. The van der Waals surface area contributed by atoms with Gasteiger partial charge in [0, 0.05) is 50.9 Å². The van der Waals surface area contributed by atoms with Crippen LogP contribution in [0.5, 0.6) is 0 Å². The largest absolute Gasteiger partial charge is 0.354 e. The smallest absolute Gasteiger partial charge is 0.227 e. The number of hydrogen-bond donors (Lipinski definition) is 3. The minimum atomic E-state index is 0. The first-order valence-electron chi connectivity index (χ1n) is 11.7. The predicted molar refractivity (Wildman–Crippen MR) is 148 cm³/mol. The summed E-state index contributed by atoms with van der Waals surface area (Å²) in [6.07, 6.45) is 3.04. The third kappa shape index (κ3) is 8.97. The Morgan fingerprint density at radius 1 is 1.09 bits per heavy atom. The van der Waals surface area contributed by atoms with Crippen LogP contribution in [0.4, 0.5) is 5.69 Å². The Balaban J connectivity index is 0.00000385. The zero-order chi connectivity index (χ0) is 22.8. The molecule has 1 fully saturated rings. The Morgan fingerprint density at radius 3 is 2.45 bits per heavy atom. The van der Waals surface area contributed by atoms with Crippen LogP contribution >= 0.6 is 24.0 Å². The molecule has 2 aromatic rings. The number of anilines is 1. The summed E-state index contributed by atoms with van der Waals surface area (Å²) < 4.78 is 0. The number of nitrogens with zero attached hydrogens (tertiary/aromatic N) is 2. The van der Waals surface area contributed by atoms with E-state index < -0.39 is 0 Å². The molecule has 0 aromatic heterocycles. The van der Waals surface area contributed by atoms with Gasteiger partial charge in [-0.2, -0.15) is 0 Å². The summed E-state index contributed by atoms with van der Waals surface area (Å²) in [5.74, 6) is 0.896. The Labute approximate surface area is 215 Å². The van der Waals surface area contributed by atoms with Crippen molar-refractivity contribution in [2.45, 2.75) is 52.2 Å². The lowest BCUT2D eigenvalue weighted by Crippen LogP contribution is -2.48. The molecule has 7 heteroatoms. The topological polar surface area (TPSA) is 68.8 Å². The average Bonchev–Trinajstić information content (AvgIpc) is 2.83. The summed E-state index contributed by atoms with van der Waals surface area (Å²) in [5.41, 5.74) is 3.31. The van der Waals surface area contributed by atoms with Crippen LogP contribution in [-0.2, 0) is 17.9 Å².